The lowest BCUT2D eigenvalue weighted by atomic mass is 10.1. The summed E-state index contributed by atoms with van der Waals surface area (Å²) in [5.74, 6) is 0. The van der Waals surface area contributed by atoms with Crippen molar-refractivity contribution < 1.29 is 17.7 Å². The molecule has 0 bridgehead atoms. The van der Waals surface area contributed by atoms with E-state index in [9.17, 15) is 13.2 Å². The van der Waals surface area contributed by atoms with Gasteiger partial charge >= 0.3 is 6.18 Å². The van der Waals surface area contributed by atoms with Crippen LogP contribution in [-0.2, 0) is 4.53 Å². The van der Waals surface area contributed by atoms with Gasteiger partial charge in [0.15, 0.2) is 6.04 Å². The Bertz CT molecular complexity index is 651. The zero-order valence-corrected chi connectivity index (χ0v) is 15.3. The zero-order chi connectivity index (χ0) is 18.0. The molecule has 1 atom stereocenters. The molecule has 2 aromatic rings. The standard InChI is InChI=1S/C18H22F3NOSi/c1-14-10-12-16(13-11-14)22(23-24(2,3)4)17(18(19,20)21)15-8-6-5-7-9-15/h5-13,17H,1-4H3. The van der Waals surface area contributed by atoms with E-state index in [0.29, 0.717) is 5.69 Å². The number of anilines is 1. The minimum Gasteiger partial charge on any atom is -0.319 e. The van der Waals surface area contributed by atoms with Gasteiger partial charge < -0.3 is 4.53 Å². The summed E-state index contributed by atoms with van der Waals surface area (Å²) in [6.07, 6.45) is -4.47. The molecule has 2 aromatic carbocycles. The Morgan fingerprint density at radius 2 is 1.46 bits per heavy atom. The van der Waals surface area contributed by atoms with E-state index in [2.05, 4.69) is 0 Å². The van der Waals surface area contributed by atoms with Gasteiger partial charge in [0.05, 0.1) is 5.69 Å². The van der Waals surface area contributed by atoms with E-state index in [1.807, 2.05) is 26.6 Å². The molecule has 0 heterocycles. The molecule has 0 aliphatic heterocycles. The maximum atomic E-state index is 13.9. The van der Waals surface area contributed by atoms with Gasteiger partial charge in [-0.2, -0.15) is 13.2 Å². The molecular weight excluding hydrogens is 331 g/mol. The van der Waals surface area contributed by atoms with Crippen LogP contribution in [0.3, 0.4) is 0 Å². The lowest BCUT2D eigenvalue weighted by Gasteiger charge is -2.38. The van der Waals surface area contributed by atoms with E-state index in [1.165, 1.54) is 12.1 Å². The number of hydrogen-bond acceptors (Lipinski definition) is 2. The molecule has 24 heavy (non-hydrogen) atoms. The van der Waals surface area contributed by atoms with Gasteiger partial charge in [-0.05, 0) is 44.3 Å². The summed E-state index contributed by atoms with van der Waals surface area (Å²) in [7, 11) is -2.27. The second kappa shape index (κ2) is 6.99. The molecule has 2 nitrogen and oxygen atoms in total. The number of alkyl halides is 3. The lowest BCUT2D eigenvalue weighted by Crippen LogP contribution is -2.45. The minimum absolute atomic E-state index is 0.156. The van der Waals surface area contributed by atoms with Gasteiger partial charge in [0.2, 0.25) is 8.32 Å². The van der Waals surface area contributed by atoms with Gasteiger partial charge in [0.1, 0.15) is 0 Å². The molecule has 0 saturated heterocycles. The van der Waals surface area contributed by atoms with Crippen molar-refractivity contribution in [1.29, 1.82) is 0 Å². The van der Waals surface area contributed by atoms with Crippen molar-refractivity contribution in [1.82, 2.24) is 0 Å². The Morgan fingerprint density at radius 1 is 0.917 bits per heavy atom. The highest BCUT2D eigenvalue weighted by atomic mass is 28.4. The maximum Gasteiger partial charge on any atom is 0.415 e. The molecule has 2 rings (SSSR count). The number of benzene rings is 2. The third kappa shape index (κ3) is 4.85. The molecule has 0 radical (unpaired) electrons. The molecule has 130 valence electrons. The van der Waals surface area contributed by atoms with Crippen LogP contribution in [0.1, 0.15) is 17.2 Å². The topological polar surface area (TPSA) is 12.5 Å². The first kappa shape index (κ1) is 18.5. The third-order valence-corrected chi connectivity index (χ3v) is 4.06. The second-order valence-electron chi connectivity index (χ2n) is 6.72. The van der Waals surface area contributed by atoms with E-state index in [0.717, 1.165) is 10.6 Å². The molecule has 0 aliphatic carbocycles. The predicted molar refractivity (Wildman–Crippen MR) is 93.3 cm³/mol. The van der Waals surface area contributed by atoms with Gasteiger partial charge in [-0.15, -0.1) is 0 Å². The molecule has 0 aromatic heterocycles. The number of hydroxylamine groups is 1. The van der Waals surface area contributed by atoms with Crippen LogP contribution < -0.4 is 5.06 Å². The minimum atomic E-state index is -4.47. The highest BCUT2D eigenvalue weighted by molar-refractivity contribution is 6.69. The number of nitrogens with zero attached hydrogens (tertiary/aromatic N) is 1. The number of hydrogen-bond donors (Lipinski definition) is 0. The summed E-state index contributed by atoms with van der Waals surface area (Å²) < 4.78 is 47.5. The fourth-order valence-electron chi connectivity index (χ4n) is 2.33. The van der Waals surface area contributed by atoms with Gasteiger partial charge in [-0.3, -0.25) is 0 Å². The van der Waals surface area contributed by atoms with Crippen molar-refractivity contribution in [2.45, 2.75) is 38.8 Å². The highest BCUT2D eigenvalue weighted by Gasteiger charge is 2.47. The summed E-state index contributed by atoms with van der Waals surface area (Å²) in [5.41, 5.74) is 1.54. The maximum absolute atomic E-state index is 13.9. The number of halogens is 3. The molecule has 0 N–H and O–H groups in total. The number of aryl methyl sites for hydroxylation is 1. The summed E-state index contributed by atoms with van der Waals surface area (Å²) in [6, 6.07) is 12.9. The molecule has 0 saturated carbocycles. The second-order valence-corrected chi connectivity index (χ2v) is 11.1. The average molecular weight is 353 g/mol. The van der Waals surface area contributed by atoms with Crippen molar-refractivity contribution in [3.8, 4) is 0 Å². The smallest absolute Gasteiger partial charge is 0.319 e. The van der Waals surface area contributed by atoms with Gasteiger partial charge in [0, 0.05) is 0 Å². The largest absolute Gasteiger partial charge is 0.415 e. The quantitative estimate of drug-likeness (QED) is 0.492. The summed E-state index contributed by atoms with van der Waals surface area (Å²) in [5, 5.41) is 1.03. The summed E-state index contributed by atoms with van der Waals surface area (Å²) in [6.45, 7) is 7.50. The highest BCUT2D eigenvalue weighted by Crippen LogP contribution is 2.41. The van der Waals surface area contributed by atoms with Crippen molar-refractivity contribution >= 4 is 14.0 Å². The van der Waals surface area contributed by atoms with Crippen LogP contribution in [0.5, 0.6) is 0 Å². The fraction of sp³-hybridized carbons (Fsp3) is 0.333. The van der Waals surface area contributed by atoms with Gasteiger partial charge in [-0.25, -0.2) is 5.06 Å². The Labute approximate surface area is 142 Å². The van der Waals surface area contributed by atoms with Crippen LogP contribution in [0.15, 0.2) is 54.6 Å². The van der Waals surface area contributed by atoms with E-state index in [1.54, 1.807) is 42.5 Å². The van der Waals surface area contributed by atoms with E-state index in [4.69, 9.17) is 4.53 Å². The third-order valence-electron chi connectivity index (χ3n) is 3.32. The SMILES string of the molecule is Cc1ccc(N(O[Si](C)(C)C)C(c2ccccc2)C(F)(F)F)cc1. The van der Waals surface area contributed by atoms with Crippen molar-refractivity contribution in [2.24, 2.45) is 0 Å². The molecule has 0 aliphatic rings. The van der Waals surface area contributed by atoms with Gasteiger partial charge in [-0.1, -0.05) is 48.0 Å². The molecule has 0 fully saturated rings. The Hall–Kier alpha value is -1.79. The van der Waals surface area contributed by atoms with Crippen LogP contribution in [0, 0.1) is 6.92 Å². The molecule has 0 spiro atoms. The van der Waals surface area contributed by atoms with Crippen LogP contribution >= 0.6 is 0 Å². The normalized spacial score (nSPS) is 13.6. The molecule has 6 heteroatoms. The zero-order valence-electron chi connectivity index (χ0n) is 14.3. The average Bonchev–Trinajstić information content (AvgIpc) is 2.46. The number of rotatable bonds is 5. The lowest BCUT2D eigenvalue weighted by molar-refractivity contribution is -0.161. The van der Waals surface area contributed by atoms with E-state index >= 15 is 0 Å². The van der Waals surface area contributed by atoms with Crippen LogP contribution in [0.4, 0.5) is 18.9 Å². The molecule has 0 amide bonds. The van der Waals surface area contributed by atoms with Crippen LogP contribution in [0.2, 0.25) is 19.6 Å². The van der Waals surface area contributed by atoms with Crippen LogP contribution in [0.25, 0.3) is 0 Å². The Kier molecular flexibility index (Phi) is 5.40. The summed E-state index contributed by atoms with van der Waals surface area (Å²) >= 11 is 0. The first-order valence-electron chi connectivity index (χ1n) is 7.74. The first-order chi connectivity index (χ1) is 11.1. The Morgan fingerprint density at radius 3 is 1.92 bits per heavy atom. The van der Waals surface area contributed by atoms with Crippen molar-refractivity contribution in [3.63, 3.8) is 0 Å². The molecule has 1 unspecified atom stereocenters. The van der Waals surface area contributed by atoms with E-state index < -0.39 is 20.5 Å². The van der Waals surface area contributed by atoms with Crippen molar-refractivity contribution in [3.05, 3.63) is 65.7 Å². The van der Waals surface area contributed by atoms with E-state index in [-0.39, 0.29) is 5.56 Å². The molecular formula is C18H22F3NOSi. The monoisotopic (exact) mass is 353 g/mol. The Balaban J connectivity index is 2.54. The summed E-state index contributed by atoms with van der Waals surface area (Å²) in [4.78, 5) is 0. The first-order valence-corrected chi connectivity index (χ1v) is 11.2. The van der Waals surface area contributed by atoms with Crippen LogP contribution in [-0.4, -0.2) is 14.5 Å². The predicted octanol–water partition coefficient (Wildman–Crippen LogP) is 5.87. The van der Waals surface area contributed by atoms with Crippen molar-refractivity contribution in [2.75, 3.05) is 5.06 Å². The van der Waals surface area contributed by atoms with Gasteiger partial charge in [0.25, 0.3) is 0 Å². The fourth-order valence-corrected chi connectivity index (χ4v) is 3.13.